The molecule has 134 valence electrons. The zero-order chi connectivity index (χ0) is 16.7. The first-order valence-corrected chi connectivity index (χ1v) is 9.20. The van der Waals surface area contributed by atoms with Crippen molar-refractivity contribution in [1.82, 2.24) is 4.90 Å². The number of halogens is 1. The molecule has 2 aliphatic carbocycles. The molecule has 0 spiro atoms. The lowest BCUT2D eigenvalue weighted by molar-refractivity contribution is 0.152. The number of allylic oxidation sites excluding steroid dienone is 1. The molecular weight excluding hydrogens is 318 g/mol. The zero-order valence-corrected chi connectivity index (χ0v) is 16.3. The summed E-state index contributed by atoms with van der Waals surface area (Å²) in [6.07, 6.45) is 7.16. The van der Waals surface area contributed by atoms with Gasteiger partial charge in [-0.15, -0.1) is 19.0 Å². The molecule has 4 unspecified atom stereocenters. The minimum absolute atomic E-state index is 0. The van der Waals surface area contributed by atoms with Gasteiger partial charge in [0.1, 0.15) is 5.75 Å². The van der Waals surface area contributed by atoms with Crippen molar-refractivity contribution in [3.8, 4) is 5.75 Å². The minimum atomic E-state index is 0. The van der Waals surface area contributed by atoms with Gasteiger partial charge in [-0.05, 0) is 56.3 Å². The number of benzene rings is 1. The summed E-state index contributed by atoms with van der Waals surface area (Å²) < 4.78 is 0. The van der Waals surface area contributed by atoms with Gasteiger partial charge in [0.15, 0.2) is 0 Å². The summed E-state index contributed by atoms with van der Waals surface area (Å²) >= 11 is 0. The Morgan fingerprint density at radius 1 is 1.33 bits per heavy atom. The molecule has 0 aromatic heterocycles. The molecule has 1 aromatic carbocycles. The lowest BCUT2D eigenvalue weighted by Gasteiger charge is -2.34. The van der Waals surface area contributed by atoms with E-state index in [2.05, 4.69) is 45.4 Å². The largest absolute Gasteiger partial charge is 0.507 e. The first-order valence-electron chi connectivity index (χ1n) is 9.20. The van der Waals surface area contributed by atoms with Crippen molar-refractivity contribution in [2.75, 3.05) is 13.6 Å². The van der Waals surface area contributed by atoms with Crippen LogP contribution in [0, 0.1) is 12.8 Å². The molecule has 0 bridgehead atoms. The number of hydrogen-bond acceptors (Lipinski definition) is 2. The van der Waals surface area contributed by atoms with Crippen molar-refractivity contribution in [2.24, 2.45) is 5.92 Å². The van der Waals surface area contributed by atoms with E-state index in [1.807, 2.05) is 6.08 Å². The van der Waals surface area contributed by atoms with Crippen LogP contribution in [0.4, 0.5) is 0 Å². The molecule has 0 amide bonds. The third-order valence-corrected chi connectivity index (χ3v) is 6.32. The number of phenolic OH excluding ortho intramolecular Hbond substituents is 1. The number of aryl methyl sites for hydroxylation is 1. The first-order chi connectivity index (χ1) is 11.0. The van der Waals surface area contributed by atoms with Gasteiger partial charge < -0.3 is 5.11 Å². The van der Waals surface area contributed by atoms with Gasteiger partial charge in [-0.25, -0.2) is 0 Å². The summed E-state index contributed by atoms with van der Waals surface area (Å²) in [5.41, 5.74) is 5.10. The average Bonchev–Trinajstić information content (AvgIpc) is 2.92. The highest BCUT2D eigenvalue weighted by molar-refractivity contribution is 5.85. The predicted molar refractivity (Wildman–Crippen MR) is 104 cm³/mol. The molecule has 1 aromatic rings. The van der Waals surface area contributed by atoms with Crippen molar-refractivity contribution in [1.29, 1.82) is 0 Å². The van der Waals surface area contributed by atoms with Crippen LogP contribution in [0.2, 0.25) is 0 Å². The lowest BCUT2D eigenvalue weighted by atomic mass is 9.77. The van der Waals surface area contributed by atoms with Gasteiger partial charge in [0.05, 0.1) is 0 Å². The predicted octanol–water partition coefficient (Wildman–Crippen LogP) is 5.69. The number of fused-ring (bicyclic) bond motifs is 3. The van der Waals surface area contributed by atoms with Crippen molar-refractivity contribution in [3.05, 3.63) is 41.0 Å². The average molecular weight is 350 g/mol. The Morgan fingerprint density at radius 2 is 2.00 bits per heavy atom. The lowest BCUT2D eigenvalue weighted by Crippen LogP contribution is -2.30. The normalized spacial score (nSPS) is 26.5. The maximum atomic E-state index is 11.1. The highest BCUT2D eigenvalue weighted by Gasteiger charge is 2.46. The molecule has 0 aliphatic heterocycles. The number of phenols is 1. The Labute approximate surface area is 153 Å². The number of nitrogens with zero attached hydrogens (tertiary/aromatic N) is 1. The number of aromatic hydroxyl groups is 1. The van der Waals surface area contributed by atoms with Crippen molar-refractivity contribution < 1.29 is 5.11 Å². The molecule has 4 atom stereocenters. The molecule has 2 aliphatic rings. The molecule has 0 saturated heterocycles. The van der Waals surface area contributed by atoms with E-state index in [-0.39, 0.29) is 18.3 Å². The molecule has 2 nitrogen and oxygen atoms in total. The van der Waals surface area contributed by atoms with Gasteiger partial charge in [0, 0.05) is 23.1 Å². The van der Waals surface area contributed by atoms with Gasteiger partial charge in [0.2, 0.25) is 0 Å². The maximum absolute atomic E-state index is 11.1. The van der Waals surface area contributed by atoms with Crippen LogP contribution in [-0.4, -0.2) is 23.6 Å². The summed E-state index contributed by atoms with van der Waals surface area (Å²) in [5, 5.41) is 11.1. The maximum Gasteiger partial charge on any atom is 0.124 e. The van der Waals surface area contributed by atoms with E-state index in [9.17, 15) is 5.11 Å². The fourth-order valence-electron chi connectivity index (χ4n) is 4.99. The Balaban J connectivity index is 0.00000208. The van der Waals surface area contributed by atoms with E-state index < -0.39 is 0 Å². The number of hydrogen-bond donors (Lipinski definition) is 1. The summed E-state index contributed by atoms with van der Waals surface area (Å²) in [4.78, 5) is 2.44. The quantitative estimate of drug-likeness (QED) is 0.705. The molecule has 3 rings (SSSR count). The smallest absolute Gasteiger partial charge is 0.124 e. The molecule has 1 saturated carbocycles. The van der Waals surface area contributed by atoms with Crippen LogP contribution in [0.1, 0.15) is 79.7 Å². The standard InChI is InChI=1S/C21H31NO.ClH/c1-6-13(3)17-12-14(4)18-15-10-8-9-11-16(15)20(22(5)7-2)19(18)21(17)23;/h6,12-13,15-16,20,23H,1,7-11H2,2-5H3;1H. The molecule has 3 heteroatoms. The SMILES string of the molecule is C=CC(C)c1cc(C)c2c(c1O)C(N(C)CC)C1CCCCC21.Cl. The zero-order valence-electron chi connectivity index (χ0n) is 15.5. The summed E-state index contributed by atoms with van der Waals surface area (Å²) in [7, 11) is 2.21. The summed E-state index contributed by atoms with van der Waals surface area (Å²) in [6.45, 7) is 11.5. The Morgan fingerprint density at radius 3 is 2.62 bits per heavy atom. The highest BCUT2D eigenvalue weighted by atomic mass is 35.5. The molecule has 1 N–H and O–H groups in total. The minimum Gasteiger partial charge on any atom is -0.507 e. The van der Waals surface area contributed by atoms with Gasteiger partial charge >= 0.3 is 0 Å². The van der Waals surface area contributed by atoms with E-state index >= 15 is 0 Å². The van der Waals surface area contributed by atoms with E-state index in [0.717, 1.165) is 12.1 Å². The van der Waals surface area contributed by atoms with Crippen LogP contribution in [0.5, 0.6) is 5.75 Å². The fourth-order valence-corrected chi connectivity index (χ4v) is 4.99. The van der Waals surface area contributed by atoms with Crippen LogP contribution in [-0.2, 0) is 0 Å². The molecule has 0 heterocycles. The molecule has 24 heavy (non-hydrogen) atoms. The van der Waals surface area contributed by atoms with Crippen LogP contribution in [0.15, 0.2) is 18.7 Å². The van der Waals surface area contributed by atoms with Crippen LogP contribution >= 0.6 is 12.4 Å². The van der Waals surface area contributed by atoms with Crippen molar-refractivity contribution >= 4 is 12.4 Å². The molecule has 1 fully saturated rings. The van der Waals surface area contributed by atoms with E-state index in [0.29, 0.717) is 23.6 Å². The summed E-state index contributed by atoms with van der Waals surface area (Å²) in [5.74, 6) is 2.03. The monoisotopic (exact) mass is 349 g/mol. The van der Waals surface area contributed by atoms with Gasteiger partial charge in [-0.3, -0.25) is 4.90 Å². The fraction of sp³-hybridized carbons (Fsp3) is 0.619. The molecular formula is C21H32ClNO. The third kappa shape index (κ3) is 2.88. The highest BCUT2D eigenvalue weighted by Crippen LogP contribution is 2.58. The Bertz CT molecular complexity index is 612. The van der Waals surface area contributed by atoms with Crippen LogP contribution < -0.4 is 0 Å². The first kappa shape index (κ1) is 19.3. The summed E-state index contributed by atoms with van der Waals surface area (Å²) in [6, 6.07) is 2.58. The third-order valence-electron chi connectivity index (χ3n) is 6.32. The van der Waals surface area contributed by atoms with Crippen LogP contribution in [0.3, 0.4) is 0 Å². The van der Waals surface area contributed by atoms with E-state index in [1.54, 1.807) is 0 Å². The van der Waals surface area contributed by atoms with Gasteiger partial charge in [0.25, 0.3) is 0 Å². The van der Waals surface area contributed by atoms with Crippen molar-refractivity contribution in [2.45, 2.75) is 64.3 Å². The van der Waals surface area contributed by atoms with Crippen molar-refractivity contribution in [3.63, 3.8) is 0 Å². The second-order valence-corrected chi connectivity index (χ2v) is 7.56. The second-order valence-electron chi connectivity index (χ2n) is 7.56. The molecule has 0 radical (unpaired) electrons. The second kappa shape index (κ2) is 7.49. The van der Waals surface area contributed by atoms with Gasteiger partial charge in [-0.2, -0.15) is 0 Å². The van der Waals surface area contributed by atoms with Crippen LogP contribution in [0.25, 0.3) is 0 Å². The van der Waals surface area contributed by atoms with E-state index in [4.69, 9.17) is 0 Å². The Hall–Kier alpha value is -0.990. The topological polar surface area (TPSA) is 23.5 Å². The number of rotatable bonds is 4. The Kier molecular flexibility index (Phi) is 6.04. The van der Waals surface area contributed by atoms with Gasteiger partial charge in [-0.1, -0.05) is 38.8 Å². The van der Waals surface area contributed by atoms with E-state index in [1.165, 1.54) is 42.4 Å².